The molecule has 5 aromatic rings. The van der Waals surface area contributed by atoms with Gasteiger partial charge in [-0.3, -0.25) is 9.08 Å². The normalized spacial score (nSPS) is 11.4. The maximum absolute atomic E-state index is 4.68. The molecule has 128 valence electrons. The van der Waals surface area contributed by atoms with Crippen molar-refractivity contribution in [2.75, 3.05) is 0 Å². The molecule has 0 N–H and O–H groups in total. The summed E-state index contributed by atoms with van der Waals surface area (Å²) in [4.78, 5) is 10.3. The van der Waals surface area contributed by atoms with E-state index in [-0.39, 0.29) is 0 Å². The van der Waals surface area contributed by atoms with Crippen LogP contribution < -0.4 is 0 Å². The average molecular weight is 360 g/mol. The van der Waals surface area contributed by atoms with Crippen LogP contribution in [0.25, 0.3) is 16.3 Å². The molecule has 0 amide bonds. The van der Waals surface area contributed by atoms with Gasteiger partial charge in [-0.2, -0.15) is 5.10 Å². The van der Waals surface area contributed by atoms with Crippen LogP contribution in [0.5, 0.6) is 0 Å². The highest BCUT2D eigenvalue weighted by Gasteiger charge is 2.13. The third-order valence-electron chi connectivity index (χ3n) is 4.34. The molecule has 0 saturated heterocycles. The number of nitrogens with zero attached hydrogens (tertiary/aromatic N) is 6. The molecule has 0 fully saturated rings. The minimum absolute atomic E-state index is 0.694. The summed E-state index contributed by atoms with van der Waals surface area (Å²) in [7, 11) is 0. The number of aromatic nitrogens is 6. The summed E-state index contributed by atoms with van der Waals surface area (Å²) >= 11 is 1.64. The molecule has 0 aliphatic carbocycles. The predicted octanol–water partition coefficient (Wildman–Crippen LogP) is 3.55. The molecule has 0 aliphatic heterocycles. The number of imidazole rings is 2. The summed E-state index contributed by atoms with van der Waals surface area (Å²) in [5.41, 5.74) is 3.34. The third-order valence-corrected chi connectivity index (χ3v) is 5.11. The van der Waals surface area contributed by atoms with Crippen molar-refractivity contribution in [3.8, 4) is 11.4 Å². The summed E-state index contributed by atoms with van der Waals surface area (Å²) in [5, 5.41) is 6.36. The Morgan fingerprint density at radius 3 is 2.81 bits per heavy atom. The fraction of sp³-hybridized carbons (Fsp3) is 0.105. The van der Waals surface area contributed by atoms with Gasteiger partial charge in [-0.1, -0.05) is 24.3 Å². The number of hydrogen-bond acceptors (Lipinski definition) is 4. The topological polar surface area (TPSA) is 52.9 Å². The first kappa shape index (κ1) is 15.1. The molecule has 0 bridgehead atoms. The molecular weight excluding hydrogens is 344 g/mol. The first-order chi connectivity index (χ1) is 12.9. The molecule has 7 heteroatoms. The van der Waals surface area contributed by atoms with E-state index < -0.39 is 0 Å². The number of rotatable bonds is 5. The predicted molar refractivity (Wildman–Crippen MR) is 101 cm³/mol. The number of thiazole rings is 1. The standard InChI is InChI=1S/C19H16N6S/c1-2-5-17(15(4-1)12-25-8-3-6-21-25)18-20-7-9-23(18)13-16-14-24-10-11-26-19(24)22-16/h1-11,14H,12-13H2. The van der Waals surface area contributed by atoms with Crippen LogP contribution in [0.2, 0.25) is 0 Å². The van der Waals surface area contributed by atoms with Gasteiger partial charge in [0.1, 0.15) is 5.82 Å². The zero-order valence-corrected chi connectivity index (χ0v) is 14.8. The van der Waals surface area contributed by atoms with Crippen LogP contribution in [-0.2, 0) is 13.1 Å². The van der Waals surface area contributed by atoms with Crippen molar-refractivity contribution in [3.63, 3.8) is 0 Å². The zero-order valence-electron chi connectivity index (χ0n) is 13.9. The van der Waals surface area contributed by atoms with E-state index in [2.05, 4.69) is 48.4 Å². The Bertz CT molecular complexity index is 1120. The molecule has 4 heterocycles. The molecule has 1 aromatic carbocycles. The van der Waals surface area contributed by atoms with Crippen molar-refractivity contribution in [1.29, 1.82) is 0 Å². The van der Waals surface area contributed by atoms with E-state index in [1.165, 1.54) is 5.56 Å². The largest absolute Gasteiger partial charge is 0.325 e. The SMILES string of the molecule is c1ccc(-c2nccn2Cc2cn3ccsc3n2)c(Cn2cccn2)c1. The van der Waals surface area contributed by atoms with E-state index in [9.17, 15) is 0 Å². The minimum atomic E-state index is 0.694. The highest BCUT2D eigenvalue weighted by atomic mass is 32.1. The van der Waals surface area contributed by atoms with Gasteiger partial charge in [0, 0.05) is 48.1 Å². The van der Waals surface area contributed by atoms with Crippen LogP contribution in [0.15, 0.2) is 72.9 Å². The zero-order chi connectivity index (χ0) is 17.3. The molecule has 0 radical (unpaired) electrons. The lowest BCUT2D eigenvalue weighted by Gasteiger charge is -2.11. The van der Waals surface area contributed by atoms with Crippen molar-refractivity contribution in [2.45, 2.75) is 13.1 Å². The van der Waals surface area contributed by atoms with E-state index in [1.807, 2.05) is 47.0 Å². The van der Waals surface area contributed by atoms with Gasteiger partial charge in [0.15, 0.2) is 4.96 Å². The Morgan fingerprint density at radius 2 is 1.92 bits per heavy atom. The molecule has 0 unspecified atom stereocenters. The van der Waals surface area contributed by atoms with E-state index in [0.29, 0.717) is 6.54 Å². The average Bonchev–Trinajstić information content (AvgIpc) is 3.40. The maximum atomic E-state index is 4.68. The number of hydrogen-bond donors (Lipinski definition) is 0. The highest BCUT2D eigenvalue weighted by Crippen LogP contribution is 2.24. The Morgan fingerprint density at radius 1 is 0.962 bits per heavy atom. The maximum Gasteiger partial charge on any atom is 0.193 e. The van der Waals surface area contributed by atoms with Crippen molar-refractivity contribution in [3.05, 3.63) is 84.2 Å². The monoisotopic (exact) mass is 360 g/mol. The number of benzene rings is 1. The summed E-state index contributed by atoms with van der Waals surface area (Å²) in [6.45, 7) is 1.41. The second kappa shape index (κ2) is 6.27. The first-order valence-electron chi connectivity index (χ1n) is 8.35. The first-order valence-corrected chi connectivity index (χ1v) is 9.23. The van der Waals surface area contributed by atoms with Gasteiger partial charge >= 0.3 is 0 Å². The van der Waals surface area contributed by atoms with Crippen molar-refractivity contribution in [2.24, 2.45) is 0 Å². The van der Waals surface area contributed by atoms with Gasteiger partial charge in [0.25, 0.3) is 0 Å². The lowest BCUT2D eigenvalue weighted by Crippen LogP contribution is -2.06. The lowest BCUT2D eigenvalue weighted by atomic mass is 10.1. The van der Waals surface area contributed by atoms with Crippen LogP contribution in [0.4, 0.5) is 0 Å². The van der Waals surface area contributed by atoms with E-state index in [1.54, 1.807) is 17.5 Å². The fourth-order valence-electron chi connectivity index (χ4n) is 3.15. The fourth-order valence-corrected chi connectivity index (χ4v) is 3.87. The van der Waals surface area contributed by atoms with Crippen molar-refractivity contribution in [1.82, 2.24) is 28.7 Å². The summed E-state index contributed by atoms with van der Waals surface area (Å²) < 4.78 is 6.13. The Kier molecular flexibility index (Phi) is 3.64. The molecule has 0 atom stereocenters. The molecule has 6 nitrogen and oxygen atoms in total. The molecule has 0 spiro atoms. The van der Waals surface area contributed by atoms with Gasteiger partial charge in [-0.05, 0) is 11.6 Å². The van der Waals surface area contributed by atoms with E-state index >= 15 is 0 Å². The Labute approximate surface area is 154 Å². The van der Waals surface area contributed by atoms with E-state index in [4.69, 9.17) is 0 Å². The second-order valence-corrected chi connectivity index (χ2v) is 6.94. The van der Waals surface area contributed by atoms with Crippen LogP contribution in [-0.4, -0.2) is 28.7 Å². The van der Waals surface area contributed by atoms with Crippen LogP contribution >= 0.6 is 11.3 Å². The number of fused-ring (bicyclic) bond motifs is 1. The molecule has 0 saturated carbocycles. The third kappa shape index (κ3) is 2.72. The molecular formula is C19H16N6S. The second-order valence-electron chi connectivity index (χ2n) is 6.06. The van der Waals surface area contributed by atoms with Crippen LogP contribution in [0.3, 0.4) is 0 Å². The summed E-state index contributed by atoms with van der Waals surface area (Å²) in [5.74, 6) is 0.948. The van der Waals surface area contributed by atoms with Gasteiger partial charge in [0.05, 0.1) is 18.8 Å². The van der Waals surface area contributed by atoms with Gasteiger partial charge < -0.3 is 4.57 Å². The summed E-state index contributed by atoms with van der Waals surface area (Å²) in [6.07, 6.45) is 11.7. The smallest absolute Gasteiger partial charge is 0.193 e. The molecule has 4 aromatic heterocycles. The Hall–Kier alpha value is -3.19. The Balaban J connectivity index is 1.50. The van der Waals surface area contributed by atoms with E-state index in [0.717, 1.165) is 28.6 Å². The molecule has 0 aliphatic rings. The van der Waals surface area contributed by atoms with Gasteiger partial charge in [-0.15, -0.1) is 11.3 Å². The highest BCUT2D eigenvalue weighted by molar-refractivity contribution is 7.15. The minimum Gasteiger partial charge on any atom is -0.325 e. The quantitative estimate of drug-likeness (QED) is 0.482. The lowest BCUT2D eigenvalue weighted by molar-refractivity contribution is 0.686. The van der Waals surface area contributed by atoms with Crippen LogP contribution in [0, 0.1) is 0 Å². The summed E-state index contributed by atoms with van der Waals surface area (Å²) in [6, 6.07) is 10.3. The van der Waals surface area contributed by atoms with Gasteiger partial charge in [0.2, 0.25) is 0 Å². The molecule has 26 heavy (non-hydrogen) atoms. The van der Waals surface area contributed by atoms with Crippen molar-refractivity contribution >= 4 is 16.3 Å². The van der Waals surface area contributed by atoms with Gasteiger partial charge in [-0.25, -0.2) is 9.97 Å². The van der Waals surface area contributed by atoms with Crippen molar-refractivity contribution < 1.29 is 0 Å². The van der Waals surface area contributed by atoms with Crippen LogP contribution in [0.1, 0.15) is 11.3 Å². The molecule has 5 rings (SSSR count).